The van der Waals surface area contributed by atoms with Crippen LogP contribution in [0.2, 0.25) is 5.02 Å². The second-order valence-corrected chi connectivity index (χ2v) is 5.99. The Morgan fingerprint density at radius 1 is 1.16 bits per heavy atom. The molecule has 130 valence electrons. The number of fused-ring (bicyclic) bond motifs is 1. The summed E-state index contributed by atoms with van der Waals surface area (Å²) in [5, 5.41) is 5.75. The molecule has 2 N–H and O–H groups in total. The summed E-state index contributed by atoms with van der Waals surface area (Å²) in [6.45, 7) is 2.14. The summed E-state index contributed by atoms with van der Waals surface area (Å²) in [5.74, 6) is 0.664. The van der Waals surface area contributed by atoms with E-state index < -0.39 is 11.9 Å². The molecule has 1 aliphatic rings. The van der Waals surface area contributed by atoms with Crippen molar-refractivity contribution in [3.63, 3.8) is 0 Å². The van der Waals surface area contributed by atoms with Crippen molar-refractivity contribution in [1.82, 2.24) is 10.6 Å². The maximum Gasteiger partial charge on any atom is 0.253 e. The van der Waals surface area contributed by atoms with Gasteiger partial charge in [0.25, 0.3) is 5.91 Å². The number of benzene rings is 2. The van der Waals surface area contributed by atoms with Crippen molar-refractivity contribution in [3.8, 4) is 11.5 Å². The molecule has 6 nitrogen and oxygen atoms in total. The Kier molecular flexibility index (Phi) is 5.09. The zero-order valence-electron chi connectivity index (χ0n) is 13.5. The second kappa shape index (κ2) is 7.44. The van der Waals surface area contributed by atoms with Crippen molar-refractivity contribution in [1.29, 1.82) is 0 Å². The van der Waals surface area contributed by atoms with Crippen LogP contribution in [0.15, 0.2) is 42.5 Å². The highest BCUT2D eigenvalue weighted by molar-refractivity contribution is 6.33. The van der Waals surface area contributed by atoms with Gasteiger partial charge in [-0.1, -0.05) is 29.8 Å². The molecule has 2 aromatic carbocycles. The van der Waals surface area contributed by atoms with Crippen LogP contribution in [0.4, 0.5) is 0 Å². The van der Waals surface area contributed by atoms with E-state index in [1.54, 1.807) is 37.3 Å². The lowest BCUT2D eigenvalue weighted by Crippen LogP contribution is -2.44. The number of ether oxygens (including phenoxy) is 2. The van der Waals surface area contributed by atoms with Crippen molar-refractivity contribution in [2.45, 2.75) is 19.5 Å². The molecular weight excluding hydrogens is 344 g/mol. The molecule has 0 saturated heterocycles. The van der Waals surface area contributed by atoms with E-state index in [1.807, 2.05) is 12.1 Å². The number of hydrogen-bond donors (Lipinski definition) is 2. The van der Waals surface area contributed by atoms with Crippen LogP contribution in [0.3, 0.4) is 0 Å². The number of rotatable bonds is 5. The average Bonchev–Trinajstić information content (AvgIpc) is 3.07. The normalized spacial score (nSPS) is 13.2. The first kappa shape index (κ1) is 17.1. The highest BCUT2D eigenvalue weighted by Crippen LogP contribution is 2.32. The van der Waals surface area contributed by atoms with Gasteiger partial charge in [0, 0.05) is 6.54 Å². The molecule has 25 heavy (non-hydrogen) atoms. The molecule has 1 aliphatic heterocycles. The molecule has 0 aliphatic carbocycles. The quantitative estimate of drug-likeness (QED) is 0.859. The van der Waals surface area contributed by atoms with Gasteiger partial charge in [0.15, 0.2) is 11.5 Å². The maximum atomic E-state index is 12.2. The Labute approximate surface area is 150 Å². The molecule has 0 radical (unpaired) electrons. The Morgan fingerprint density at radius 3 is 2.72 bits per heavy atom. The third kappa shape index (κ3) is 4.03. The van der Waals surface area contributed by atoms with Crippen LogP contribution in [0.25, 0.3) is 0 Å². The lowest BCUT2D eigenvalue weighted by atomic mass is 10.2. The standard InChI is InChI=1S/C18H17ClN2O4/c1-11(21-18(23)13-4-2-3-5-14(13)19)17(22)20-9-12-6-7-15-16(8-12)25-10-24-15/h2-8,11H,9-10H2,1H3,(H,20,22)(H,21,23)/t11-/m0/s1. The van der Waals surface area contributed by atoms with E-state index >= 15 is 0 Å². The van der Waals surface area contributed by atoms with Crippen LogP contribution in [-0.4, -0.2) is 24.6 Å². The van der Waals surface area contributed by atoms with Crippen molar-refractivity contribution < 1.29 is 19.1 Å². The number of carbonyl (C=O) groups excluding carboxylic acids is 2. The zero-order valence-corrected chi connectivity index (χ0v) is 14.3. The Balaban J connectivity index is 1.54. The molecule has 1 atom stereocenters. The number of nitrogens with one attached hydrogen (secondary N) is 2. The summed E-state index contributed by atoms with van der Waals surface area (Å²) in [6, 6.07) is 11.4. The fourth-order valence-corrected chi connectivity index (χ4v) is 2.60. The predicted octanol–water partition coefficient (Wildman–Crippen LogP) is 2.50. The molecule has 0 saturated carbocycles. The van der Waals surface area contributed by atoms with Gasteiger partial charge in [-0.15, -0.1) is 0 Å². The second-order valence-electron chi connectivity index (χ2n) is 5.58. The molecule has 1 heterocycles. The molecular formula is C18H17ClN2O4. The van der Waals surface area contributed by atoms with Gasteiger partial charge in [-0.25, -0.2) is 0 Å². The summed E-state index contributed by atoms with van der Waals surface area (Å²) in [6.07, 6.45) is 0. The van der Waals surface area contributed by atoms with Gasteiger partial charge in [0.2, 0.25) is 12.7 Å². The Morgan fingerprint density at radius 2 is 1.92 bits per heavy atom. The van der Waals surface area contributed by atoms with Gasteiger partial charge in [0.05, 0.1) is 10.6 Å². The van der Waals surface area contributed by atoms with Gasteiger partial charge in [-0.05, 0) is 36.8 Å². The van der Waals surface area contributed by atoms with Crippen LogP contribution >= 0.6 is 11.6 Å². The summed E-state index contributed by atoms with van der Waals surface area (Å²) in [7, 11) is 0. The molecule has 0 spiro atoms. The molecule has 0 unspecified atom stereocenters. The largest absolute Gasteiger partial charge is 0.454 e. The van der Waals surface area contributed by atoms with Gasteiger partial charge >= 0.3 is 0 Å². The van der Waals surface area contributed by atoms with E-state index in [2.05, 4.69) is 10.6 Å². The average molecular weight is 361 g/mol. The topological polar surface area (TPSA) is 76.7 Å². The minimum absolute atomic E-state index is 0.205. The summed E-state index contributed by atoms with van der Waals surface area (Å²) >= 11 is 5.99. The highest BCUT2D eigenvalue weighted by atomic mass is 35.5. The Hall–Kier alpha value is -2.73. The number of carbonyl (C=O) groups is 2. The smallest absolute Gasteiger partial charge is 0.253 e. The Bertz CT molecular complexity index is 809. The summed E-state index contributed by atoms with van der Waals surface area (Å²) in [4.78, 5) is 24.4. The van der Waals surface area contributed by atoms with Crippen molar-refractivity contribution in [3.05, 3.63) is 58.6 Å². The molecule has 2 amide bonds. The van der Waals surface area contributed by atoms with E-state index in [-0.39, 0.29) is 12.7 Å². The van der Waals surface area contributed by atoms with E-state index in [9.17, 15) is 9.59 Å². The fraction of sp³-hybridized carbons (Fsp3) is 0.222. The van der Waals surface area contributed by atoms with Gasteiger partial charge in [0.1, 0.15) is 6.04 Å². The molecule has 7 heteroatoms. The molecule has 0 fully saturated rings. The molecule has 2 aromatic rings. The lowest BCUT2D eigenvalue weighted by Gasteiger charge is -2.15. The van der Waals surface area contributed by atoms with Gasteiger partial charge in [-0.2, -0.15) is 0 Å². The van der Waals surface area contributed by atoms with Crippen LogP contribution in [0, 0.1) is 0 Å². The molecule has 0 bridgehead atoms. The first-order chi connectivity index (χ1) is 12.0. The number of halogens is 1. The highest BCUT2D eigenvalue weighted by Gasteiger charge is 2.18. The van der Waals surface area contributed by atoms with Crippen molar-refractivity contribution in [2.75, 3.05) is 6.79 Å². The maximum absolute atomic E-state index is 12.2. The number of amides is 2. The minimum Gasteiger partial charge on any atom is -0.454 e. The lowest BCUT2D eigenvalue weighted by molar-refractivity contribution is -0.122. The SMILES string of the molecule is C[C@H](NC(=O)c1ccccc1Cl)C(=O)NCc1ccc2c(c1)OCO2. The van der Waals surface area contributed by atoms with Crippen LogP contribution < -0.4 is 20.1 Å². The fourth-order valence-electron chi connectivity index (χ4n) is 2.38. The van der Waals surface area contributed by atoms with Gasteiger partial charge < -0.3 is 20.1 Å². The zero-order chi connectivity index (χ0) is 17.8. The van der Waals surface area contributed by atoms with Crippen molar-refractivity contribution in [2.24, 2.45) is 0 Å². The number of hydrogen-bond acceptors (Lipinski definition) is 4. The van der Waals surface area contributed by atoms with E-state index in [0.29, 0.717) is 28.6 Å². The van der Waals surface area contributed by atoms with Gasteiger partial charge in [-0.3, -0.25) is 9.59 Å². The van der Waals surface area contributed by atoms with Crippen LogP contribution in [0.1, 0.15) is 22.8 Å². The van der Waals surface area contributed by atoms with Crippen LogP contribution in [0.5, 0.6) is 11.5 Å². The predicted molar refractivity (Wildman–Crippen MR) is 92.8 cm³/mol. The van der Waals surface area contributed by atoms with E-state index in [1.165, 1.54) is 0 Å². The molecule has 3 rings (SSSR count). The summed E-state index contributed by atoms with van der Waals surface area (Å²) in [5.41, 5.74) is 1.21. The van der Waals surface area contributed by atoms with E-state index in [0.717, 1.165) is 5.56 Å². The first-order valence-corrected chi connectivity index (χ1v) is 8.14. The van der Waals surface area contributed by atoms with Crippen LogP contribution in [-0.2, 0) is 11.3 Å². The minimum atomic E-state index is -0.696. The molecule has 0 aromatic heterocycles. The monoisotopic (exact) mass is 360 g/mol. The third-order valence-electron chi connectivity index (χ3n) is 3.76. The van der Waals surface area contributed by atoms with Crippen molar-refractivity contribution >= 4 is 23.4 Å². The summed E-state index contributed by atoms with van der Waals surface area (Å²) < 4.78 is 10.5. The first-order valence-electron chi connectivity index (χ1n) is 7.76. The third-order valence-corrected chi connectivity index (χ3v) is 4.09. The van der Waals surface area contributed by atoms with E-state index in [4.69, 9.17) is 21.1 Å².